The lowest BCUT2D eigenvalue weighted by Gasteiger charge is -2.07. The average molecular weight is 290 g/mol. The first-order valence-electron chi connectivity index (χ1n) is 4.71. The van der Waals surface area contributed by atoms with Gasteiger partial charge in [-0.2, -0.15) is 5.90 Å². The largest absolute Gasteiger partial charge is 0.182 e. The third-order valence-electron chi connectivity index (χ3n) is 2.34. The average Bonchev–Trinajstić information content (AvgIpc) is 2.29. The van der Waals surface area contributed by atoms with Gasteiger partial charge < -0.3 is 0 Å². The molecule has 0 radical (unpaired) electrons. The van der Waals surface area contributed by atoms with Gasteiger partial charge in [-0.1, -0.05) is 29.3 Å². The Morgan fingerprint density at radius 2 is 1.65 bits per heavy atom. The van der Waals surface area contributed by atoms with Crippen LogP contribution >= 0.6 is 35.2 Å². The van der Waals surface area contributed by atoms with Gasteiger partial charge in [0, 0.05) is 4.90 Å². The lowest BCUT2D eigenvalue weighted by Crippen LogP contribution is -1.94. The number of rotatable bonds is 3. The van der Waals surface area contributed by atoms with Crippen LogP contribution in [0.5, 0.6) is 0 Å². The van der Waals surface area contributed by atoms with E-state index in [2.05, 4.69) is 9.32 Å². The number of hydrogen-bond donors (Lipinski definition) is 1. The van der Waals surface area contributed by atoms with Crippen molar-refractivity contribution in [1.29, 1.82) is 0 Å². The molecule has 0 amide bonds. The van der Waals surface area contributed by atoms with E-state index in [0.29, 0.717) is 10.0 Å². The van der Waals surface area contributed by atoms with Crippen molar-refractivity contribution in [2.45, 2.75) is 11.8 Å². The zero-order valence-electron chi connectivity index (χ0n) is 8.87. The van der Waals surface area contributed by atoms with Crippen LogP contribution in [0, 0.1) is 6.92 Å². The minimum absolute atomic E-state index is 0.523. The highest BCUT2D eigenvalue weighted by Gasteiger charge is 2.06. The summed E-state index contributed by atoms with van der Waals surface area (Å²) in [5.41, 5.74) is 1.04. The molecule has 90 valence electrons. The number of nitrogens with two attached hydrogens (primary N) is 1. The molecular formula is C11H9Cl2NO2S. The molecule has 0 fully saturated rings. The van der Waals surface area contributed by atoms with Crippen LogP contribution in [-0.4, -0.2) is 0 Å². The lowest BCUT2D eigenvalue weighted by molar-refractivity contribution is -0.195. The highest BCUT2D eigenvalue weighted by Crippen LogP contribution is 2.32. The standard InChI is InChI=1S/C11H9Cl2NO2S/c1-6-2-7-3-9(12)10(13)4-8(7)5-11(6)17-16-15-14/h2-5H,14H2,1H3. The quantitative estimate of drug-likeness (QED) is 0.520. The molecule has 2 aromatic carbocycles. The Bertz CT molecular complexity index is 563. The van der Waals surface area contributed by atoms with Gasteiger partial charge in [0.2, 0.25) is 0 Å². The van der Waals surface area contributed by atoms with Crippen LogP contribution in [0.4, 0.5) is 0 Å². The molecule has 0 bridgehead atoms. The molecule has 0 atom stereocenters. The molecule has 17 heavy (non-hydrogen) atoms. The first-order valence-corrected chi connectivity index (χ1v) is 6.21. The fraction of sp³-hybridized carbons (Fsp3) is 0.0909. The number of hydrogen-bond acceptors (Lipinski definition) is 4. The smallest absolute Gasteiger partial charge is 0.0705 e. The Morgan fingerprint density at radius 1 is 1.06 bits per heavy atom. The van der Waals surface area contributed by atoms with E-state index < -0.39 is 0 Å². The van der Waals surface area contributed by atoms with E-state index >= 15 is 0 Å². The normalized spacial score (nSPS) is 11.1. The fourth-order valence-electron chi connectivity index (χ4n) is 1.53. The van der Waals surface area contributed by atoms with Crippen molar-refractivity contribution in [3.05, 3.63) is 39.9 Å². The van der Waals surface area contributed by atoms with Crippen LogP contribution < -0.4 is 5.90 Å². The molecule has 0 heterocycles. The number of aryl methyl sites for hydroxylation is 1. The molecule has 0 spiro atoms. The zero-order chi connectivity index (χ0) is 12.4. The Kier molecular flexibility index (Phi) is 4.14. The van der Waals surface area contributed by atoms with E-state index in [0.717, 1.165) is 33.3 Å². The van der Waals surface area contributed by atoms with Gasteiger partial charge in [-0.15, -0.1) is 9.32 Å². The molecule has 3 nitrogen and oxygen atoms in total. The van der Waals surface area contributed by atoms with Crippen molar-refractivity contribution in [2.24, 2.45) is 5.90 Å². The summed E-state index contributed by atoms with van der Waals surface area (Å²) in [5, 5.41) is 3.07. The van der Waals surface area contributed by atoms with E-state index in [1.165, 1.54) is 0 Å². The predicted molar refractivity (Wildman–Crippen MR) is 70.9 cm³/mol. The topological polar surface area (TPSA) is 44.5 Å². The van der Waals surface area contributed by atoms with Gasteiger partial charge in [0.25, 0.3) is 0 Å². The Labute approximate surface area is 113 Å². The molecular weight excluding hydrogens is 281 g/mol. The highest BCUT2D eigenvalue weighted by atomic mass is 35.5. The second kappa shape index (κ2) is 5.44. The van der Waals surface area contributed by atoms with E-state index in [1.807, 2.05) is 31.2 Å². The third-order valence-corrected chi connectivity index (χ3v) is 3.82. The maximum absolute atomic E-state index is 5.97. The van der Waals surface area contributed by atoms with Crippen LogP contribution in [0.3, 0.4) is 0 Å². The Balaban J connectivity index is 2.51. The van der Waals surface area contributed by atoms with E-state index in [4.69, 9.17) is 29.1 Å². The van der Waals surface area contributed by atoms with Gasteiger partial charge in [-0.05, 0) is 41.5 Å². The van der Waals surface area contributed by atoms with Crippen LogP contribution in [0.15, 0.2) is 29.2 Å². The minimum Gasteiger partial charge on any atom is -0.182 e. The lowest BCUT2D eigenvalue weighted by atomic mass is 10.1. The van der Waals surface area contributed by atoms with Crippen molar-refractivity contribution in [1.82, 2.24) is 0 Å². The third kappa shape index (κ3) is 2.85. The van der Waals surface area contributed by atoms with Gasteiger partial charge in [0.05, 0.1) is 22.1 Å². The molecule has 0 saturated carbocycles. The summed E-state index contributed by atoms with van der Waals surface area (Å²) in [6.45, 7) is 1.96. The van der Waals surface area contributed by atoms with Gasteiger partial charge in [-0.3, -0.25) is 0 Å². The summed E-state index contributed by atoms with van der Waals surface area (Å²) < 4.78 is 4.64. The maximum Gasteiger partial charge on any atom is 0.0705 e. The molecule has 0 saturated heterocycles. The van der Waals surface area contributed by atoms with E-state index in [9.17, 15) is 0 Å². The first kappa shape index (κ1) is 13.0. The van der Waals surface area contributed by atoms with E-state index in [-0.39, 0.29) is 0 Å². The minimum atomic E-state index is 0.523. The first-order chi connectivity index (χ1) is 8.11. The summed E-state index contributed by atoms with van der Waals surface area (Å²) in [4.78, 5) is 4.98. The summed E-state index contributed by atoms with van der Waals surface area (Å²) in [5.74, 6) is 4.80. The summed E-state index contributed by atoms with van der Waals surface area (Å²) in [6.07, 6.45) is 0. The molecule has 0 aliphatic rings. The molecule has 2 N–H and O–H groups in total. The number of halogens is 2. The SMILES string of the molecule is Cc1cc2cc(Cl)c(Cl)cc2cc1SOON. The van der Waals surface area contributed by atoms with Crippen molar-refractivity contribution < 1.29 is 9.32 Å². The van der Waals surface area contributed by atoms with Gasteiger partial charge in [0.1, 0.15) is 0 Å². The summed E-state index contributed by atoms with van der Waals surface area (Å²) in [7, 11) is 0. The second-order valence-corrected chi connectivity index (χ2v) is 5.04. The van der Waals surface area contributed by atoms with E-state index in [1.54, 1.807) is 0 Å². The van der Waals surface area contributed by atoms with Crippen molar-refractivity contribution in [3.63, 3.8) is 0 Å². The molecule has 2 aromatic rings. The number of benzene rings is 2. The Hall–Kier alpha value is -0.490. The van der Waals surface area contributed by atoms with Gasteiger partial charge in [-0.25, -0.2) is 0 Å². The highest BCUT2D eigenvalue weighted by molar-refractivity contribution is 7.94. The van der Waals surface area contributed by atoms with Crippen LogP contribution in [0.2, 0.25) is 10.0 Å². The predicted octanol–water partition coefficient (Wildman–Crippen LogP) is 4.28. The summed E-state index contributed by atoms with van der Waals surface area (Å²) >= 11 is 13.0. The van der Waals surface area contributed by atoms with Crippen molar-refractivity contribution in [3.8, 4) is 0 Å². The van der Waals surface area contributed by atoms with Crippen molar-refractivity contribution in [2.75, 3.05) is 0 Å². The molecule has 2 rings (SSSR count). The van der Waals surface area contributed by atoms with Gasteiger partial charge in [0.15, 0.2) is 0 Å². The maximum atomic E-state index is 5.97. The monoisotopic (exact) mass is 289 g/mol. The molecule has 0 aliphatic carbocycles. The number of fused-ring (bicyclic) bond motifs is 1. The molecule has 0 aromatic heterocycles. The molecule has 6 heteroatoms. The van der Waals surface area contributed by atoms with Crippen molar-refractivity contribution >= 4 is 46.0 Å². The zero-order valence-corrected chi connectivity index (χ0v) is 11.2. The fourth-order valence-corrected chi connectivity index (χ4v) is 2.36. The Morgan fingerprint density at radius 3 is 2.24 bits per heavy atom. The molecule has 0 unspecified atom stereocenters. The summed E-state index contributed by atoms with van der Waals surface area (Å²) in [6, 6.07) is 7.59. The van der Waals surface area contributed by atoms with Gasteiger partial charge >= 0.3 is 0 Å². The van der Waals surface area contributed by atoms with Crippen LogP contribution in [-0.2, 0) is 9.32 Å². The molecule has 0 aliphatic heterocycles. The second-order valence-electron chi connectivity index (χ2n) is 3.48. The van der Waals surface area contributed by atoms with Crippen LogP contribution in [0.1, 0.15) is 5.56 Å². The van der Waals surface area contributed by atoms with Crippen LogP contribution in [0.25, 0.3) is 10.8 Å².